The van der Waals surface area contributed by atoms with Crippen LogP contribution < -0.4 is 67.4 Å². The molecule has 214 valence electrons. The molecule has 0 bridgehead atoms. The predicted octanol–water partition coefficient (Wildman–Crippen LogP) is 0.923. The van der Waals surface area contributed by atoms with E-state index in [4.69, 9.17) is 23.1 Å². The van der Waals surface area contributed by atoms with Gasteiger partial charge in [-0.2, -0.15) is 4.98 Å². The van der Waals surface area contributed by atoms with E-state index >= 15 is 0 Å². The molecular formula is C30H26KN4O8+. The van der Waals surface area contributed by atoms with Gasteiger partial charge in [0.2, 0.25) is 0 Å². The number of nitrogens with zero attached hydrogens (tertiary/aromatic N) is 3. The zero-order valence-electron chi connectivity index (χ0n) is 23.7. The normalized spacial score (nSPS) is 14.2. The largest absolute Gasteiger partial charge is 1.00 e. The number of benzene rings is 3. The van der Waals surface area contributed by atoms with E-state index in [1.54, 1.807) is 25.1 Å². The zero-order valence-corrected chi connectivity index (χ0v) is 26.8. The Bertz CT molecular complexity index is 1860. The van der Waals surface area contributed by atoms with Crippen LogP contribution in [0.15, 0.2) is 85.4 Å². The molecule has 0 aliphatic carbocycles. The topological polar surface area (TPSA) is 151 Å². The quantitative estimate of drug-likeness (QED) is 0.182. The SMILES string of the molecule is CCOc1nc2cccc(C(=O)OCc3oc(=O)oc3C)c2n1Cc1ccc(-c2ccccc2C2=NC(O)ON2)cc1.[K+]. The number of para-hydroxylation sites is 1. The number of aliphatic hydroxyl groups excluding tert-OH is 1. The number of rotatable bonds is 9. The molecule has 0 fully saturated rings. The minimum Gasteiger partial charge on any atom is -0.465 e. The number of hydroxylamine groups is 1. The van der Waals surface area contributed by atoms with Crippen LogP contribution in [0.5, 0.6) is 6.01 Å². The first-order chi connectivity index (χ1) is 20.4. The van der Waals surface area contributed by atoms with Gasteiger partial charge in [0.1, 0.15) is 0 Å². The molecule has 3 heterocycles. The van der Waals surface area contributed by atoms with Crippen LogP contribution in [-0.4, -0.2) is 39.5 Å². The van der Waals surface area contributed by atoms with E-state index in [1.165, 1.54) is 0 Å². The van der Waals surface area contributed by atoms with E-state index in [9.17, 15) is 14.7 Å². The molecule has 5 aromatic rings. The van der Waals surface area contributed by atoms with Crippen LogP contribution in [0.4, 0.5) is 0 Å². The first-order valence-electron chi connectivity index (χ1n) is 13.2. The summed E-state index contributed by atoms with van der Waals surface area (Å²) in [6.45, 7) is 3.91. The summed E-state index contributed by atoms with van der Waals surface area (Å²) < 4.78 is 22.9. The van der Waals surface area contributed by atoms with Crippen molar-refractivity contribution < 1.29 is 84.4 Å². The fourth-order valence-electron chi connectivity index (χ4n) is 4.74. The number of esters is 1. The Morgan fingerprint density at radius 3 is 2.49 bits per heavy atom. The number of fused-ring (bicyclic) bond motifs is 1. The summed E-state index contributed by atoms with van der Waals surface area (Å²) in [5.74, 6) is -0.633. The molecule has 0 saturated carbocycles. The van der Waals surface area contributed by atoms with Crippen LogP contribution in [-0.2, 0) is 22.7 Å². The van der Waals surface area contributed by atoms with E-state index in [1.807, 2.05) is 60.0 Å². The van der Waals surface area contributed by atoms with Crippen molar-refractivity contribution in [1.29, 1.82) is 0 Å². The number of carbonyl (C=O) groups is 1. The van der Waals surface area contributed by atoms with E-state index in [0.717, 1.165) is 22.3 Å². The van der Waals surface area contributed by atoms with E-state index in [0.29, 0.717) is 36.0 Å². The summed E-state index contributed by atoms with van der Waals surface area (Å²) >= 11 is 0. The second-order valence-electron chi connectivity index (χ2n) is 9.36. The van der Waals surface area contributed by atoms with Gasteiger partial charge < -0.3 is 23.4 Å². The van der Waals surface area contributed by atoms with Gasteiger partial charge >= 0.3 is 63.2 Å². The van der Waals surface area contributed by atoms with E-state index < -0.39 is 18.2 Å². The minimum absolute atomic E-state index is 0. The number of amidine groups is 1. The molecular weight excluding hydrogens is 583 g/mol. The van der Waals surface area contributed by atoms with Crippen LogP contribution >= 0.6 is 0 Å². The first-order valence-corrected chi connectivity index (χ1v) is 13.2. The Balaban J connectivity index is 0.00000368. The number of imidazole rings is 1. The van der Waals surface area contributed by atoms with Gasteiger partial charge in [0, 0.05) is 5.56 Å². The molecule has 3 aromatic carbocycles. The summed E-state index contributed by atoms with van der Waals surface area (Å²) in [7, 11) is 0. The number of aromatic nitrogens is 2. The van der Waals surface area contributed by atoms with Crippen LogP contribution in [0.3, 0.4) is 0 Å². The molecule has 43 heavy (non-hydrogen) atoms. The Labute approximate surface area is 287 Å². The van der Waals surface area contributed by atoms with Gasteiger partial charge in [0.15, 0.2) is 24.0 Å². The zero-order chi connectivity index (χ0) is 29.2. The fraction of sp³-hybridized carbons (Fsp3) is 0.200. The average molecular weight is 610 g/mol. The Kier molecular flexibility index (Phi) is 9.61. The molecule has 6 rings (SSSR count). The maximum absolute atomic E-state index is 13.2. The van der Waals surface area contributed by atoms with Gasteiger partial charge in [-0.1, -0.05) is 54.6 Å². The summed E-state index contributed by atoms with van der Waals surface area (Å²) in [4.78, 5) is 38.2. The summed E-state index contributed by atoms with van der Waals surface area (Å²) in [6, 6.07) is 21.1. The number of hydrogen-bond donors (Lipinski definition) is 2. The van der Waals surface area contributed by atoms with Crippen molar-refractivity contribution in [3.8, 4) is 17.1 Å². The van der Waals surface area contributed by atoms with Gasteiger partial charge in [0.25, 0.3) is 12.4 Å². The number of aliphatic hydroxyl groups is 1. The van der Waals surface area contributed by atoms with E-state index in [-0.39, 0.29) is 75.1 Å². The number of ether oxygens (including phenoxy) is 2. The maximum Gasteiger partial charge on any atom is 1.00 e. The predicted molar refractivity (Wildman–Crippen MR) is 150 cm³/mol. The second kappa shape index (κ2) is 13.4. The van der Waals surface area contributed by atoms with Crippen LogP contribution in [0, 0.1) is 6.92 Å². The Hall–Kier alpha value is -3.56. The van der Waals surface area contributed by atoms with Gasteiger partial charge in [-0.15, -0.1) is 0 Å². The number of aliphatic imine (C=N–C) groups is 1. The van der Waals surface area contributed by atoms with Crippen LogP contribution in [0.2, 0.25) is 0 Å². The molecule has 12 nitrogen and oxygen atoms in total. The fourth-order valence-corrected chi connectivity index (χ4v) is 4.74. The molecule has 2 aromatic heterocycles. The number of aryl methyl sites for hydroxylation is 1. The third-order valence-electron chi connectivity index (χ3n) is 6.68. The minimum atomic E-state index is -1.25. The van der Waals surface area contributed by atoms with Crippen molar-refractivity contribution in [1.82, 2.24) is 15.0 Å². The van der Waals surface area contributed by atoms with Gasteiger partial charge in [-0.25, -0.2) is 24.9 Å². The molecule has 1 atom stereocenters. The summed E-state index contributed by atoms with van der Waals surface area (Å²) in [5, 5.41) is 9.63. The van der Waals surface area contributed by atoms with Crippen molar-refractivity contribution in [2.75, 3.05) is 6.61 Å². The molecule has 1 aliphatic heterocycles. The number of carbonyl (C=O) groups excluding carboxylic acids is 1. The van der Waals surface area contributed by atoms with Crippen molar-refractivity contribution in [2.45, 2.75) is 33.4 Å². The van der Waals surface area contributed by atoms with Crippen molar-refractivity contribution >= 4 is 22.8 Å². The van der Waals surface area contributed by atoms with Crippen LogP contribution in [0.1, 0.15) is 39.9 Å². The smallest absolute Gasteiger partial charge is 0.465 e. The van der Waals surface area contributed by atoms with Gasteiger partial charge in [0.05, 0.1) is 29.7 Å². The van der Waals surface area contributed by atoms with E-state index in [2.05, 4.69) is 15.5 Å². The molecule has 1 unspecified atom stereocenters. The standard InChI is InChI=1S/C30H26N4O8.K/c1-3-38-28-31-23-10-6-9-22(27(35)39-16-24-17(2)40-30(37)41-24)25(23)34(28)15-18-11-13-19(14-12-18)20-7-4-5-8-21(20)26-32-29(36)42-33-26;/h4-14,29,36H,3,15-16H2,1-2H3,(H,32,33);/q;+1. The second-order valence-corrected chi connectivity index (χ2v) is 9.36. The van der Waals surface area contributed by atoms with Crippen molar-refractivity contribution in [3.05, 3.63) is 106 Å². The van der Waals surface area contributed by atoms with Crippen molar-refractivity contribution in [3.63, 3.8) is 0 Å². The molecule has 0 spiro atoms. The Morgan fingerprint density at radius 1 is 1.05 bits per heavy atom. The number of nitrogens with one attached hydrogen (secondary N) is 1. The van der Waals surface area contributed by atoms with Gasteiger partial charge in [-0.3, -0.25) is 4.57 Å². The molecule has 0 amide bonds. The molecule has 1 aliphatic rings. The molecule has 2 N–H and O–H groups in total. The molecule has 0 radical (unpaired) electrons. The van der Waals surface area contributed by atoms with Gasteiger partial charge in [-0.05, 0) is 42.7 Å². The summed E-state index contributed by atoms with van der Waals surface area (Å²) in [6.07, 6.45) is -1.25. The first kappa shape index (κ1) is 30.9. The molecule has 13 heteroatoms. The maximum atomic E-state index is 13.2. The Morgan fingerprint density at radius 2 is 1.81 bits per heavy atom. The third-order valence-corrected chi connectivity index (χ3v) is 6.68. The van der Waals surface area contributed by atoms with Crippen molar-refractivity contribution in [2.24, 2.45) is 4.99 Å². The molecule has 0 saturated heterocycles. The third kappa shape index (κ3) is 6.52. The number of hydrogen-bond acceptors (Lipinski definition) is 11. The monoisotopic (exact) mass is 609 g/mol. The van der Waals surface area contributed by atoms with Crippen LogP contribution in [0.25, 0.3) is 22.2 Å². The summed E-state index contributed by atoms with van der Waals surface area (Å²) in [5.41, 5.74) is 7.63. The average Bonchev–Trinajstić information content (AvgIpc) is 3.68.